The van der Waals surface area contributed by atoms with Crippen LogP contribution in [0.3, 0.4) is 0 Å². The Hall–Kier alpha value is -3.60. The minimum Gasteiger partial charge on any atom is -0.497 e. The summed E-state index contributed by atoms with van der Waals surface area (Å²) >= 11 is 1.43. The Labute approximate surface area is 223 Å². The number of carbonyl (C=O) groups is 1. The lowest BCUT2D eigenvalue weighted by Gasteiger charge is -2.16. The molecule has 38 heavy (non-hydrogen) atoms. The first-order valence-electron chi connectivity index (χ1n) is 12.0. The van der Waals surface area contributed by atoms with Crippen molar-refractivity contribution in [2.75, 3.05) is 25.3 Å². The first kappa shape index (κ1) is 29.0. The van der Waals surface area contributed by atoms with Gasteiger partial charge in [-0.2, -0.15) is 0 Å². The van der Waals surface area contributed by atoms with Crippen LogP contribution < -0.4 is 24.8 Å². The number of methoxy groups -OCH3 is 2. The molecule has 0 radical (unpaired) electrons. The molecule has 0 saturated carbocycles. The number of ether oxygens (including phenoxy) is 3. The number of carbonyl (C=O) groups excluding carboxylic acids is 1. The largest absolute Gasteiger partial charge is 0.573 e. The lowest BCUT2D eigenvalue weighted by Crippen LogP contribution is -2.22. The fourth-order valence-corrected chi connectivity index (χ4v) is 5.07. The van der Waals surface area contributed by atoms with E-state index in [2.05, 4.69) is 20.4 Å². The molecule has 1 aromatic heterocycles. The van der Waals surface area contributed by atoms with Gasteiger partial charge >= 0.3 is 6.36 Å². The molecule has 2 aromatic carbocycles. The number of fused-ring (bicyclic) bond motifs is 1. The van der Waals surface area contributed by atoms with Crippen LogP contribution in [0.2, 0.25) is 0 Å². The topological polar surface area (TPSA) is 81.7 Å². The molecule has 1 unspecified atom stereocenters. The van der Waals surface area contributed by atoms with Crippen molar-refractivity contribution in [3.8, 4) is 17.2 Å². The number of aromatic nitrogens is 1. The number of alkyl halides is 3. The summed E-state index contributed by atoms with van der Waals surface area (Å²) in [7, 11) is 3.16. The van der Waals surface area contributed by atoms with Gasteiger partial charge in [-0.3, -0.25) is 9.78 Å². The third kappa shape index (κ3) is 7.03. The number of hydrogen-bond acceptors (Lipinski definition) is 7. The zero-order chi connectivity index (χ0) is 27.9. The number of thioether (sulfide) groups is 1. The molecule has 0 saturated heterocycles. The van der Waals surface area contributed by atoms with Crippen LogP contribution in [0.15, 0.2) is 59.3 Å². The fraction of sp³-hybridized carbons (Fsp3) is 0.333. The second kappa shape index (κ2) is 12.8. The molecule has 3 aromatic rings. The first-order chi connectivity index (χ1) is 18.2. The van der Waals surface area contributed by atoms with Gasteiger partial charge in [0, 0.05) is 53.3 Å². The molecule has 2 N–H and O–H groups in total. The smallest absolute Gasteiger partial charge is 0.497 e. The number of pyridine rings is 1. The van der Waals surface area contributed by atoms with Crippen LogP contribution in [-0.2, 0) is 11.3 Å². The molecule has 204 valence electrons. The standard InChI is InChI=1S/C25H24F3N3O4S.C2H6/c1-14-13-36-23(24(32)31-16-4-6-17(7-5-16)35-25(26,27)28)22(14)30-12-15-8-9-29-19-10-18(33-2)11-20(34-3)21(15)19;1-2/h4-11,14,30H,12-13H2,1-3H3,(H,31,32);1-2H3. The van der Waals surface area contributed by atoms with Gasteiger partial charge in [-0.15, -0.1) is 24.9 Å². The van der Waals surface area contributed by atoms with Crippen molar-refractivity contribution in [2.45, 2.75) is 33.7 Å². The highest BCUT2D eigenvalue weighted by atomic mass is 32.2. The molecule has 1 amide bonds. The number of nitrogens with one attached hydrogen (secondary N) is 2. The molecule has 4 rings (SSSR count). The van der Waals surface area contributed by atoms with Crippen molar-refractivity contribution in [2.24, 2.45) is 5.92 Å². The molecule has 11 heteroatoms. The average Bonchev–Trinajstić information content (AvgIpc) is 3.28. The predicted molar refractivity (Wildman–Crippen MR) is 143 cm³/mol. The van der Waals surface area contributed by atoms with E-state index in [0.717, 1.165) is 40.0 Å². The summed E-state index contributed by atoms with van der Waals surface area (Å²) in [6.45, 7) is 6.46. The van der Waals surface area contributed by atoms with Crippen LogP contribution >= 0.6 is 11.8 Å². The Balaban J connectivity index is 0.00000195. The van der Waals surface area contributed by atoms with Gasteiger partial charge in [0.25, 0.3) is 5.91 Å². The second-order valence-corrected chi connectivity index (χ2v) is 9.06. The molecule has 0 fully saturated rings. The minimum atomic E-state index is -4.77. The Morgan fingerprint density at radius 2 is 1.79 bits per heavy atom. The lowest BCUT2D eigenvalue weighted by atomic mass is 10.1. The minimum absolute atomic E-state index is 0.105. The van der Waals surface area contributed by atoms with E-state index in [4.69, 9.17) is 9.47 Å². The van der Waals surface area contributed by atoms with Crippen molar-refractivity contribution in [3.05, 3.63) is 64.8 Å². The summed E-state index contributed by atoms with van der Waals surface area (Å²) in [5.74, 6) is 1.40. The quantitative estimate of drug-likeness (QED) is 0.332. The number of amides is 1. The molecule has 0 bridgehead atoms. The van der Waals surface area contributed by atoms with Gasteiger partial charge in [0.05, 0.1) is 24.6 Å². The SMILES string of the molecule is CC.COc1cc(OC)c2c(CNC3=C(C(=O)Nc4ccc(OC(F)(F)F)cc4)SCC3C)ccnc2c1. The van der Waals surface area contributed by atoms with Gasteiger partial charge in [-0.25, -0.2) is 0 Å². The maximum absolute atomic E-state index is 13.0. The zero-order valence-corrected chi connectivity index (χ0v) is 22.5. The van der Waals surface area contributed by atoms with Crippen LogP contribution in [0, 0.1) is 5.92 Å². The lowest BCUT2D eigenvalue weighted by molar-refractivity contribution is -0.274. The molecule has 2 heterocycles. The third-order valence-corrected chi connectivity index (χ3v) is 6.92. The zero-order valence-electron chi connectivity index (χ0n) is 21.7. The van der Waals surface area contributed by atoms with Gasteiger partial charge < -0.3 is 24.8 Å². The number of hydrogen-bond donors (Lipinski definition) is 2. The van der Waals surface area contributed by atoms with E-state index in [-0.39, 0.29) is 17.6 Å². The summed E-state index contributed by atoms with van der Waals surface area (Å²) in [6.07, 6.45) is -3.07. The van der Waals surface area contributed by atoms with E-state index in [0.29, 0.717) is 28.6 Å². The number of anilines is 1. The Morgan fingerprint density at radius 3 is 2.42 bits per heavy atom. The van der Waals surface area contributed by atoms with Gasteiger partial charge in [0.1, 0.15) is 17.2 Å². The maximum Gasteiger partial charge on any atom is 0.573 e. The normalized spacial score (nSPS) is 15.0. The van der Waals surface area contributed by atoms with E-state index < -0.39 is 6.36 Å². The van der Waals surface area contributed by atoms with Crippen molar-refractivity contribution in [1.29, 1.82) is 0 Å². The van der Waals surface area contributed by atoms with E-state index in [1.54, 1.807) is 26.5 Å². The van der Waals surface area contributed by atoms with E-state index in [1.165, 1.54) is 23.9 Å². The van der Waals surface area contributed by atoms with Crippen LogP contribution in [0.25, 0.3) is 10.9 Å². The molecule has 7 nitrogen and oxygen atoms in total. The van der Waals surface area contributed by atoms with Crippen molar-refractivity contribution >= 4 is 34.3 Å². The monoisotopic (exact) mass is 549 g/mol. The molecular formula is C27H30F3N3O4S. The number of rotatable bonds is 8. The van der Waals surface area contributed by atoms with Crippen LogP contribution in [0.4, 0.5) is 18.9 Å². The second-order valence-electron chi connectivity index (χ2n) is 8.03. The summed E-state index contributed by atoms with van der Waals surface area (Å²) in [5, 5.41) is 7.00. The van der Waals surface area contributed by atoms with Crippen molar-refractivity contribution in [1.82, 2.24) is 10.3 Å². The summed E-state index contributed by atoms with van der Waals surface area (Å²) in [4.78, 5) is 18.0. The number of allylic oxidation sites excluding steroid dienone is 1. The van der Waals surface area contributed by atoms with Crippen LogP contribution in [-0.4, -0.2) is 37.2 Å². The van der Waals surface area contributed by atoms with E-state index >= 15 is 0 Å². The molecular weight excluding hydrogens is 519 g/mol. The average molecular weight is 550 g/mol. The Bertz CT molecular complexity index is 1300. The predicted octanol–water partition coefficient (Wildman–Crippen LogP) is 6.50. The third-order valence-electron chi connectivity index (χ3n) is 5.56. The molecule has 0 spiro atoms. The van der Waals surface area contributed by atoms with E-state index in [9.17, 15) is 18.0 Å². The van der Waals surface area contributed by atoms with Crippen molar-refractivity contribution < 1.29 is 32.2 Å². The highest BCUT2D eigenvalue weighted by Crippen LogP contribution is 2.37. The Kier molecular flexibility index (Phi) is 9.73. The van der Waals surface area contributed by atoms with Crippen LogP contribution in [0.5, 0.6) is 17.2 Å². The van der Waals surface area contributed by atoms with Gasteiger partial charge in [-0.05, 0) is 35.9 Å². The number of benzene rings is 2. The number of nitrogens with zero attached hydrogens (tertiary/aromatic N) is 1. The molecule has 1 atom stereocenters. The highest BCUT2D eigenvalue weighted by Gasteiger charge is 2.31. The summed E-state index contributed by atoms with van der Waals surface area (Å²) in [5.41, 5.74) is 2.83. The molecule has 0 aliphatic carbocycles. The van der Waals surface area contributed by atoms with E-state index in [1.807, 2.05) is 32.9 Å². The summed E-state index contributed by atoms with van der Waals surface area (Å²) in [6, 6.07) is 10.5. The van der Waals surface area contributed by atoms with Gasteiger partial charge in [0.2, 0.25) is 0 Å². The fourth-order valence-electron chi connectivity index (χ4n) is 3.87. The molecule has 1 aliphatic heterocycles. The maximum atomic E-state index is 13.0. The van der Waals surface area contributed by atoms with Gasteiger partial charge in [0.15, 0.2) is 0 Å². The summed E-state index contributed by atoms with van der Waals surface area (Å²) < 4.78 is 51.9. The highest BCUT2D eigenvalue weighted by molar-refractivity contribution is 8.04. The van der Waals surface area contributed by atoms with Gasteiger partial charge in [-0.1, -0.05) is 20.8 Å². The molecule has 1 aliphatic rings. The first-order valence-corrected chi connectivity index (χ1v) is 12.9. The Morgan fingerprint density at radius 1 is 1.08 bits per heavy atom. The van der Waals surface area contributed by atoms with Crippen molar-refractivity contribution in [3.63, 3.8) is 0 Å². The number of halogens is 3. The van der Waals surface area contributed by atoms with Crippen LogP contribution in [0.1, 0.15) is 26.3 Å².